The van der Waals surface area contributed by atoms with E-state index in [1.807, 2.05) is 18.2 Å². The standard InChI is InChI=1S/C9H11N3/c10-8-3-1-2-7(6-8)9-4-5-11-12-9/h1,3-7H,2,10H2,(H,11,12). The van der Waals surface area contributed by atoms with Crippen LogP contribution >= 0.6 is 0 Å². The number of nitrogens with zero attached hydrogens (tertiary/aromatic N) is 1. The Morgan fingerprint density at radius 2 is 2.50 bits per heavy atom. The van der Waals surface area contributed by atoms with Crippen molar-refractivity contribution in [3.63, 3.8) is 0 Å². The molecule has 0 spiro atoms. The van der Waals surface area contributed by atoms with Crippen LogP contribution in [0.3, 0.4) is 0 Å². The Morgan fingerprint density at radius 3 is 3.17 bits per heavy atom. The van der Waals surface area contributed by atoms with E-state index in [-0.39, 0.29) is 0 Å². The normalized spacial score (nSPS) is 22.3. The van der Waals surface area contributed by atoms with Gasteiger partial charge >= 0.3 is 0 Å². The number of rotatable bonds is 1. The van der Waals surface area contributed by atoms with E-state index < -0.39 is 0 Å². The molecule has 62 valence electrons. The third-order valence-corrected chi connectivity index (χ3v) is 2.02. The van der Waals surface area contributed by atoms with Crippen molar-refractivity contribution < 1.29 is 0 Å². The molecule has 1 aliphatic rings. The van der Waals surface area contributed by atoms with Gasteiger partial charge in [0.25, 0.3) is 0 Å². The third-order valence-electron chi connectivity index (χ3n) is 2.02. The van der Waals surface area contributed by atoms with Gasteiger partial charge < -0.3 is 5.73 Å². The summed E-state index contributed by atoms with van der Waals surface area (Å²) in [5.41, 5.74) is 7.63. The number of hydrogen-bond acceptors (Lipinski definition) is 2. The van der Waals surface area contributed by atoms with Crippen LogP contribution in [0.1, 0.15) is 18.0 Å². The van der Waals surface area contributed by atoms with E-state index in [1.54, 1.807) is 6.20 Å². The SMILES string of the molecule is NC1=CC(c2ccn[nH]2)CC=C1. The summed E-state index contributed by atoms with van der Waals surface area (Å²) in [6.07, 6.45) is 8.84. The number of nitrogens with one attached hydrogen (secondary N) is 1. The molecule has 0 saturated carbocycles. The fourth-order valence-electron chi connectivity index (χ4n) is 1.40. The van der Waals surface area contributed by atoms with Crippen LogP contribution in [-0.2, 0) is 0 Å². The summed E-state index contributed by atoms with van der Waals surface area (Å²) in [6, 6.07) is 1.98. The van der Waals surface area contributed by atoms with Gasteiger partial charge in [-0.05, 0) is 18.6 Å². The lowest BCUT2D eigenvalue weighted by Crippen LogP contribution is -2.04. The van der Waals surface area contributed by atoms with Crippen molar-refractivity contribution in [2.24, 2.45) is 5.73 Å². The van der Waals surface area contributed by atoms with E-state index in [0.29, 0.717) is 5.92 Å². The molecule has 0 amide bonds. The van der Waals surface area contributed by atoms with Crippen LogP contribution in [-0.4, -0.2) is 10.2 Å². The Morgan fingerprint density at radius 1 is 1.58 bits per heavy atom. The first-order chi connectivity index (χ1) is 5.86. The molecular formula is C9H11N3. The van der Waals surface area contributed by atoms with Crippen LogP contribution in [0.4, 0.5) is 0 Å². The maximum Gasteiger partial charge on any atom is 0.0490 e. The summed E-state index contributed by atoms with van der Waals surface area (Å²) >= 11 is 0. The zero-order chi connectivity index (χ0) is 8.39. The van der Waals surface area contributed by atoms with Crippen LogP contribution in [0.2, 0.25) is 0 Å². The smallest absolute Gasteiger partial charge is 0.0490 e. The second kappa shape index (κ2) is 2.85. The second-order valence-corrected chi connectivity index (χ2v) is 2.92. The molecule has 3 heteroatoms. The minimum atomic E-state index is 0.373. The van der Waals surface area contributed by atoms with Crippen LogP contribution in [0.5, 0.6) is 0 Å². The molecule has 3 N–H and O–H groups in total. The van der Waals surface area contributed by atoms with Gasteiger partial charge in [0.05, 0.1) is 0 Å². The summed E-state index contributed by atoms with van der Waals surface area (Å²) in [4.78, 5) is 0. The first kappa shape index (κ1) is 7.16. The van der Waals surface area contributed by atoms with Crippen molar-refractivity contribution in [1.82, 2.24) is 10.2 Å². The van der Waals surface area contributed by atoms with Crippen molar-refractivity contribution in [2.45, 2.75) is 12.3 Å². The number of aromatic amines is 1. The van der Waals surface area contributed by atoms with Crippen LogP contribution < -0.4 is 5.73 Å². The molecule has 1 aromatic heterocycles. The predicted octanol–water partition coefficient (Wildman–Crippen LogP) is 1.30. The molecule has 0 saturated heterocycles. The number of hydrogen-bond donors (Lipinski definition) is 2. The molecule has 0 aromatic carbocycles. The average Bonchev–Trinajstić information content (AvgIpc) is 2.56. The average molecular weight is 161 g/mol. The van der Waals surface area contributed by atoms with Gasteiger partial charge in [-0.25, -0.2) is 0 Å². The Balaban J connectivity index is 2.22. The fraction of sp³-hybridized carbons (Fsp3) is 0.222. The van der Waals surface area contributed by atoms with Crippen LogP contribution in [0.25, 0.3) is 0 Å². The highest BCUT2D eigenvalue weighted by Crippen LogP contribution is 2.23. The van der Waals surface area contributed by atoms with E-state index >= 15 is 0 Å². The quantitative estimate of drug-likeness (QED) is 0.652. The zero-order valence-corrected chi connectivity index (χ0v) is 6.70. The Bertz CT molecular complexity index is 309. The van der Waals surface area contributed by atoms with Gasteiger partial charge in [0.15, 0.2) is 0 Å². The third kappa shape index (κ3) is 1.25. The fourth-order valence-corrected chi connectivity index (χ4v) is 1.40. The van der Waals surface area contributed by atoms with Gasteiger partial charge in [0.2, 0.25) is 0 Å². The molecule has 3 nitrogen and oxygen atoms in total. The van der Waals surface area contributed by atoms with Gasteiger partial charge in [-0.3, -0.25) is 5.10 Å². The second-order valence-electron chi connectivity index (χ2n) is 2.92. The molecule has 1 aliphatic carbocycles. The number of aromatic nitrogens is 2. The van der Waals surface area contributed by atoms with Crippen molar-refractivity contribution >= 4 is 0 Å². The topological polar surface area (TPSA) is 54.7 Å². The lowest BCUT2D eigenvalue weighted by molar-refractivity contribution is 0.796. The highest BCUT2D eigenvalue weighted by Gasteiger charge is 2.10. The molecule has 1 atom stereocenters. The number of nitrogens with two attached hydrogens (primary N) is 1. The van der Waals surface area contributed by atoms with E-state index in [0.717, 1.165) is 17.8 Å². The molecule has 1 aromatic rings. The molecule has 0 radical (unpaired) electrons. The maximum absolute atomic E-state index is 5.67. The lowest BCUT2D eigenvalue weighted by Gasteiger charge is -2.12. The van der Waals surface area contributed by atoms with Crippen molar-refractivity contribution in [1.29, 1.82) is 0 Å². The molecule has 1 unspecified atom stereocenters. The van der Waals surface area contributed by atoms with Crippen molar-refractivity contribution in [2.75, 3.05) is 0 Å². The highest BCUT2D eigenvalue weighted by molar-refractivity contribution is 5.27. The molecule has 0 aliphatic heterocycles. The summed E-state index contributed by atoms with van der Waals surface area (Å²) in [7, 11) is 0. The van der Waals surface area contributed by atoms with Gasteiger partial charge in [-0.15, -0.1) is 0 Å². The minimum Gasteiger partial charge on any atom is -0.399 e. The van der Waals surface area contributed by atoms with E-state index in [1.165, 1.54) is 0 Å². The minimum absolute atomic E-state index is 0.373. The van der Waals surface area contributed by atoms with Gasteiger partial charge in [0.1, 0.15) is 0 Å². The Kier molecular flexibility index (Phi) is 1.70. The zero-order valence-electron chi connectivity index (χ0n) is 6.70. The monoisotopic (exact) mass is 161 g/mol. The lowest BCUT2D eigenvalue weighted by atomic mass is 9.96. The highest BCUT2D eigenvalue weighted by atomic mass is 15.1. The molecular weight excluding hydrogens is 150 g/mol. The van der Waals surface area contributed by atoms with Gasteiger partial charge in [-0.1, -0.05) is 12.2 Å². The first-order valence-corrected chi connectivity index (χ1v) is 3.99. The van der Waals surface area contributed by atoms with E-state index in [4.69, 9.17) is 5.73 Å². The summed E-state index contributed by atoms with van der Waals surface area (Å²) in [5, 5.41) is 6.85. The van der Waals surface area contributed by atoms with E-state index in [9.17, 15) is 0 Å². The van der Waals surface area contributed by atoms with Gasteiger partial charge in [-0.2, -0.15) is 5.10 Å². The van der Waals surface area contributed by atoms with Crippen molar-refractivity contribution in [3.8, 4) is 0 Å². The Labute approximate surface area is 71.0 Å². The molecule has 1 heterocycles. The molecule has 0 bridgehead atoms. The van der Waals surface area contributed by atoms with Crippen molar-refractivity contribution in [3.05, 3.63) is 41.9 Å². The maximum atomic E-state index is 5.67. The summed E-state index contributed by atoms with van der Waals surface area (Å²) in [6.45, 7) is 0. The summed E-state index contributed by atoms with van der Waals surface area (Å²) < 4.78 is 0. The molecule has 12 heavy (non-hydrogen) atoms. The van der Waals surface area contributed by atoms with Crippen LogP contribution in [0.15, 0.2) is 36.2 Å². The molecule has 2 rings (SSSR count). The predicted molar refractivity (Wildman–Crippen MR) is 47.4 cm³/mol. The number of allylic oxidation sites excluding steroid dienone is 3. The van der Waals surface area contributed by atoms with Crippen LogP contribution in [0, 0.1) is 0 Å². The number of H-pyrrole nitrogens is 1. The summed E-state index contributed by atoms with van der Waals surface area (Å²) in [5.74, 6) is 0.373. The largest absolute Gasteiger partial charge is 0.399 e. The van der Waals surface area contributed by atoms with E-state index in [2.05, 4.69) is 16.3 Å². The Hall–Kier alpha value is -1.51. The molecule has 0 fully saturated rings. The van der Waals surface area contributed by atoms with Gasteiger partial charge in [0, 0.05) is 23.5 Å². The first-order valence-electron chi connectivity index (χ1n) is 3.99.